The molecule has 0 atom stereocenters. The van der Waals surface area contributed by atoms with E-state index in [-0.39, 0.29) is 35.4 Å². The number of hydrogen-bond donors (Lipinski definition) is 3. The molecule has 1 aromatic heterocycles. The number of sulfonamides is 1. The number of amides is 2. The Bertz CT molecular complexity index is 1230. The molecular formula is C24H27N3O5S. The summed E-state index contributed by atoms with van der Waals surface area (Å²) >= 11 is 0. The third-order valence-corrected chi connectivity index (χ3v) is 6.35. The quantitative estimate of drug-likeness (QED) is 0.443. The Morgan fingerprint density at radius 3 is 2.48 bits per heavy atom. The average molecular weight is 470 g/mol. The summed E-state index contributed by atoms with van der Waals surface area (Å²) < 4.78 is 32.9. The zero-order chi connectivity index (χ0) is 24.0. The molecule has 0 spiro atoms. The molecule has 0 aliphatic rings. The average Bonchev–Trinajstić information content (AvgIpc) is 3.30. The lowest BCUT2D eigenvalue weighted by Gasteiger charge is -2.12. The SMILES string of the molecule is Cc1ccc(S(=O)(=O)NCc2ccco2)cc1C(=O)NCc1cccc(NC(=O)C(C)C)c1. The standard InChI is InChI=1S/C24H27N3O5S/c1-16(2)23(28)27-19-7-4-6-18(12-19)14-25-24(29)22-13-21(10-9-17(22)3)33(30,31)26-15-20-8-5-11-32-20/h4-13,16,26H,14-15H2,1-3H3,(H,25,29)(H,27,28). The smallest absolute Gasteiger partial charge is 0.251 e. The fraction of sp³-hybridized carbons (Fsp3) is 0.250. The van der Waals surface area contributed by atoms with Gasteiger partial charge in [-0.15, -0.1) is 0 Å². The first kappa shape index (κ1) is 24.2. The first-order valence-electron chi connectivity index (χ1n) is 10.5. The Morgan fingerprint density at radius 2 is 1.79 bits per heavy atom. The van der Waals surface area contributed by atoms with E-state index in [4.69, 9.17) is 4.42 Å². The first-order chi connectivity index (χ1) is 15.7. The molecule has 3 N–H and O–H groups in total. The van der Waals surface area contributed by atoms with E-state index in [2.05, 4.69) is 15.4 Å². The number of nitrogens with one attached hydrogen (secondary N) is 3. The van der Waals surface area contributed by atoms with E-state index in [1.165, 1.54) is 18.4 Å². The molecule has 3 aromatic rings. The third-order valence-electron chi connectivity index (χ3n) is 4.95. The normalized spacial score (nSPS) is 11.4. The summed E-state index contributed by atoms with van der Waals surface area (Å²) in [7, 11) is -3.83. The van der Waals surface area contributed by atoms with Crippen LogP contribution in [-0.4, -0.2) is 20.2 Å². The van der Waals surface area contributed by atoms with Crippen LogP contribution in [0.5, 0.6) is 0 Å². The van der Waals surface area contributed by atoms with Crippen molar-refractivity contribution in [1.29, 1.82) is 0 Å². The van der Waals surface area contributed by atoms with Crippen LogP contribution in [0.15, 0.2) is 70.2 Å². The highest BCUT2D eigenvalue weighted by atomic mass is 32.2. The Morgan fingerprint density at radius 1 is 1.00 bits per heavy atom. The number of rotatable bonds is 9. The predicted molar refractivity (Wildman–Crippen MR) is 125 cm³/mol. The molecule has 33 heavy (non-hydrogen) atoms. The van der Waals surface area contributed by atoms with Gasteiger partial charge < -0.3 is 15.1 Å². The van der Waals surface area contributed by atoms with Crippen LogP contribution >= 0.6 is 0 Å². The molecule has 0 bridgehead atoms. The van der Waals surface area contributed by atoms with Gasteiger partial charge in [0.1, 0.15) is 5.76 Å². The highest BCUT2D eigenvalue weighted by Crippen LogP contribution is 2.17. The van der Waals surface area contributed by atoms with Crippen LogP contribution in [0.25, 0.3) is 0 Å². The van der Waals surface area contributed by atoms with Gasteiger partial charge in [-0.05, 0) is 54.4 Å². The van der Waals surface area contributed by atoms with Gasteiger partial charge in [0.25, 0.3) is 5.91 Å². The molecule has 9 heteroatoms. The molecule has 1 heterocycles. The number of benzene rings is 2. The minimum Gasteiger partial charge on any atom is -0.468 e. The Hall–Kier alpha value is -3.43. The molecular weight excluding hydrogens is 442 g/mol. The third kappa shape index (κ3) is 6.53. The lowest BCUT2D eigenvalue weighted by atomic mass is 10.1. The van der Waals surface area contributed by atoms with Gasteiger partial charge in [-0.25, -0.2) is 13.1 Å². The minimum absolute atomic E-state index is 0.00836. The van der Waals surface area contributed by atoms with Crippen molar-refractivity contribution < 1.29 is 22.4 Å². The zero-order valence-electron chi connectivity index (χ0n) is 18.7. The van der Waals surface area contributed by atoms with Crippen LogP contribution in [0.2, 0.25) is 0 Å². The predicted octanol–water partition coefficient (Wildman–Crippen LogP) is 3.59. The van der Waals surface area contributed by atoms with Crippen LogP contribution in [0.4, 0.5) is 5.69 Å². The Kier molecular flexibility index (Phi) is 7.67. The molecule has 0 fully saturated rings. The van der Waals surface area contributed by atoms with Crippen molar-refractivity contribution in [3.63, 3.8) is 0 Å². The number of furan rings is 1. The number of aryl methyl sites for hydroxylation is 1. The Labute approximate surface area is 193 Å². The molecule has 3 rings (SSSR count). The van der Waals surface area contributed by atoms with Gasteiger partial charge in [0.15, 0.2) is 0 Å². The van der Waals surface area contributed by atoms with Crippen molar-refractivity contribution in [3.05, 3.63) is 83.3 Å². The number of carbonyl (C=O) groups excluding carboxylic acids is 2. The van der Waals surface area contributed by atoms with Crippen molar-refractivity contribution in [3.8, 4) is 0 Å². The topological polar surface area (TPSA) is 118 Å². The number of hydrogen-bond acceptors (Lipinski definition) is 5. The summed E-state index contributed by atoms with van der Waals surface area (Å²) in [6.45, 7) is 5.58. The van der Waals surface area contributed by atoms with E-state index < -0.39 is 15.9 Å². The molecule has 0 radical (unpaired) electrons. The van der Waals surface area contributed by atoms with E-state index in [1.807, 2.05) is 19.9 Å². The number of anilines is 1. The van der Waals surface area contributed by atoms with Gasteiger partial charge in [0.05, 0.1) is 17.7 Å². The molecule has 0 saturated carbocycles. The van der Waals surface area contributed by atoms with Crippen LogP contribution in [-0.2, 0) is 27.9 Å². The summed E-state index contributed by atoms with van der Waals surface area (Å²) in [6.07, 6.45) is 1.46. The van der Waals surface area contributed by atoms with Crippen molar-refractivity contribution >= 4 is 27.5 Å². The fourth-order valence-corrected chi connectivity index (χ4v) is 4.02. The first-order valence-corrected chi connectivity index (χ1v) is 11.9. The van der Waals surface area contributed by atoms with Crippen molar-refractivity contribution in [2.45, 2.75) is 38.8 Å². The fourth-order valence-electron chi connectivity index (χ4n) is 3.00. The second kappa shape index (κ2) is 10.5. The molecule has 2 amide bonds. The maximum atomic E-state index is 12.8. The van der Waals surface area contributed by atoms with Gasteiger partial charge >= 0.3 is 0 Å². The summed E-state index contributed by atoms with van der Waals surface area (Å²) in [5.74, 6) is -0.151. The molecule has 174 valence electrons. The van der Waals surface area contributed by atoms with E-state index in [0.717, 1.165) is 5.56 Å². The van der Waals surface area contributed by atoms with Crippen molar-refractivity contribution in [2.75, 3.05) is 5.32 Å². The van der Waals surface area contributed by atoms with E-state index in [9.17, 15) is 18.0 Å². The largest absolute Gasteiger partial charge is 0.468 e. The van der Waals surface area contributed by atoms with E-state index >= 15 is 0 Å². The maximum Gasteiger partial charge on any atom is 0.251 e. The molecule has 8 nitrogen and oxygen atoms in total. The number of carbonyl (C=O) groups is 2. The zero-order valence-corrected chi connectivity index (χ0v) is 19.5. The molecule has 0 saturated heterocycles. The van der Waals surface area contributed by atoms with E-state index in [0.29, 0.717) is 17.0 Å². The second-order valence-corrected chi connectivity index (χ2v) is 9.67. The summed E-state index contributed by atoms with van der Waals surface area (Å²) in [5, 5.41) is 5.63. The highest BCUT2D eigenvalue weighted by molar-refractivity contribution is 7.89. The van der Waals surface area contributed by atoms with Gasteiger partial charge in [-0.3, -0.25) is 9.59 Å². The summed E-state index contributed by atoms with van der Waals surface area (Å²) in [6, 6.07) is 14.9. The van der Waals surface area contributed by atoms with Gasteiger partial charge in [-0.1, -0.05) is 32.0 Å². The molecule has 0 unspecified atom stereocenters. The highest BCUT2D eigenvalue weighted by Gasteiger charge is 2.18. The van der Waals surface area contributed by atoms with Crippen LogP contribution in [0, 0.1) is 12.8 Å². The van der Waals surface area contributed by atoms with Crippen molar-refractivity contribution in [1.82, 2.24) is 10.0 Å². The molecule has 0 aliphatic heterocycles. The van der Waals surface area contributed by atoms with Crippen LogP contribution in [0.1, 0.15) is 41.1 Å². The van der Waals surface area contributed by atoms with Gasteiger partial charge in [0.2, 0.25) is 15.9 Å². The lowest BCUT2D eigenvalue weighted by molar-refractivity contribution is -0.118. The van der Waals surface area contributed by atoms with Crippen LogP contribution in [0.3, 0.4) is 0 Å². The van der Waals surface area contributed by atoms with Gasteiger partial charge in [-0.2, -0.15) is 0 Å². The van der Waals surface area contributed by atoms with Gasteiger partial charge in [0, 0.05) is 23.7 Å². The monoisotopic (exact) mass is 469 g/mol. The van der Waals surface area contributed by atoms with Crippen molar-refractivity contribution in [2.24, 2.45) is 5.92 Å². The molecule has 0 aliphatic carbocycles. The maximum absolute atomic E-state index is 12.8. The lowest BCUT2D eigenvalue weighted by Crippen LogP contribution is -2.26. The summed E-state index contributed by atoms with van der Waals surface area (Å²) in [4.78, 5) is 24.7. The Balaban J connectivity index is 1.68. The molecule has 2 aromatic carbocycles. The summed E-state index contributed by atoms with van der Waals surface area (Å²) in [5.41, 5.74) is 2.36. The minimum atomic E-state index is -3.83. The van der Waals surface area contributed by atoms with Crippen LogP contribution < -0.4 is 15.4 Å². The van der Waals surface area contributed by atoms with E-state index in [1.54, 1.807) is 43.3 Å². The second-order valence-electron chi connectivity index (χ2n) is 7.91.